The Morgan fingerprint density at radius 3 is 2.25 bits per heavy atom. The van der Waals surface area contributed by atoms with Gasteiger partial charge in [-0.25, -0.2) is 17.2 Å². The molecule has 0 saturated carbocycles. The topological polar surface area (TPSA) is 66.5 Å². The summed E-state index contributed by atoms with van der Waals surface area (Å²) in [5.74, 6) is -2.63. The molecule has 0 unspecified atom stereocenters. The van der Waals surface area contributed by atoms with Crippen LogP contribution in [0.1, 0.15) is 33.6 Å². The molecule has 1 aromatic carbocycles. The van der Waals surface area contributed by atoms with Crippen LogP contribution >= 0.6 is 0 Å². The van der Waals surface area contributed by atoms with Crippen molar-refractivity contribution in [2.45, 2.75) is 44.0 Å². The van der Waals surface area contributed by atoms with E-state index in [0.29, 0.717) is 18.9 Å². The summed E-state index contributed by atoms with van der Waals surface area (Å²) < 4.78 is 52.5. The molecule has 1 heterocycles. The number of piperidine rings is 1. The highest BCUT2D eigenvalue weighted by Gasteiger charge is 2.33. The van der Waals surface area contributed by atoms with Crippen molar-refractivity contribution in [2.24, 2.45) is 5.92 Å². The normalized spacial score (nSPS) is 17.7. The number of benzene rings is 1. The van der Waals surface area contributed by atoms with Crippen LogP contribution in [0.2, 0.25) is 0 Å². The molecule has 0 bridgehead atoms. The summed E-state index contributed by atoms with van der Waals surface area (Å²) >= 11 is 0. The van der Waals surface area contributed by atoms with E-state index < -0.39 is 21.7 Å². The molecule has 0 aromatic heterocycles. The Morgan fingerprint density at radius 2 is 1.75 bits per heavy atom. The first-order valence-corrected chi connectivity index (χ1v) is 9.22. The Hall–Kier alpha value is -1.54. The van der Waals surface area contributed by atoms with Gasteiger partial charge in [0.1, 0.15) is 0 Å². The molecular formula is C16H22F2N2O3S. The molecule has 0 spiro atoms. The molecule has 1 aliphatic rings. The fraction of sp³-hybridized carbons (Fsp3) is 0.562. The zero-order chi connectivity index (χ0) is 18.1. The van der Waals surface area contributed by atoms with Crippen molar-refractivity contribution in [1.29, 1.82) is 0 Å². The molecule has 1 N–H and O–H groups in total. The van der Waals surface area contributed by atoms with Gasteiger partial charge in [-0.1, -0.05) is 0 Å². The van der Waals surface area contributed by atoms with Crippen molar-refractivity contribution in [3.63, 3.8) is 0 Å². The summed E-state index contributed by atoms with van der Waals surface area (Å²) in [6.45, 7) is 5.99. The molecule has 1 aliphatic heterocycles. The number of halogens is 2. The van der Waals surface area contributed by atoms with E-state index in [9.17, 15) is 22.0 Å². The van der Waals surface area contributed by atoms with Crippen LogP contribution in [0.5, 0.6) is 0 Å². The minimum absolute atomic E-state index is 0.0904. The molecule has 24 heavy (non-hydrogen) atoms. The Labute approximate surface area is 141 Å². The summed E-state index contributed by atoms with van der Waals surface area (Å²) in [7, 11) is -3.89. The summed E-state index contributed by atoms with van der Waals surface area (Å²) in [6, 6.07) is 2.53. The third-order valence-corrected chi connectivity index (χ3v) is 5.75. The Morgan fingerprint density at radius 1 is 1.17 bits per heavy atom. The SMILES string of the molecule is CC(C)(C)NC(=O)C1CCN(S(=O)(=O)c2ccc(F)c(F)c2)CC1. The lowest BCUT2D eigenvalue weighted by atomic mass is 9.96. The molecule has 1 aromatic rings. The van der Waals surface area contributed by atoms with Crippen molar-refractivity contribution in [3.05, 3.63) is 29.8 Å². The van der Waals surface area contributed by atoms with Crippen molar-refractivity contribution >= 4 is 15.9 Å². The molecule has 2 rings (SSSR count). The maximum absolute atomic E-state index is 13.3. The van der Waals surface area contributed by atoms with Gasteiger partial charge in [-0.15, -0.1) is 0 Å². The van der Waals surface area contributed by atoms with Gasteiger partial charge in [0.05, 0.1) is 4.90 Å². The number of hydrogen-bond acceptors (Lipinski definition) is 3. The second-order valence-corrected chi connectivity index (χ2v) is 8.93. The number of rotatable bonds is 3. The van der Waals surface area contributed by atoms with E-state index in [1.54, 1.807) is 0 Å². The Kier molecular flexibility index (Phi) is 5.29. The number of sulfonamides is 1. The average molecular weight is 360 g/mol. The lowest BCUT2D eigenvalue weighted by Gasteiger charge is -2.32. The maximum atomic E-state index is 13.3. The Balaban J connectivity index is 2.05. The lowest BCUT2D eigenvalue weighted by molar-refractivity contribution is -0.127. The summed E-state index contributed by atoms with van der Waals surface area (Å²) in [5.41, 5.74) is -0.341. The van der Waals surface area contributed by atoms with E-state index in [0.717, 1.165) is 12.1 Å². The zero-order valence-electron chi connectivity index (χ0n) is 14.0. The first-order chi connectivity index (χ1) is 11.0. The monoisotopic (exact) mass is 360 g/mol. The molecule has 1 saturated heterocycles. The molecule has 1 fully saturated rings. The van der Waals surface area contributed by atoms with Gasteiger partial charge in [-0.05, 0) is 51.8 Å². The number of carbonyl (C=O) groups excluding carboxylic acids is 1. The predicted molar refractivity (Wildman–Crippen MR) is 85.7 cm³/mol. The van der Waals surface area contributed by atoms with Gasteiger partial charge in [0.25, 0.3) is 0 Å². The number of hydrogen-bond donors (Lipinski definition) is 1. The zero-order valence-corrected chi connectivity index (χ0v) is 14.8. The molecule has 134 valence electrons. The van der Waals surface area contributed by atoms with Gasteiger partial charge >= 0.3 is 0 Å². The third-order valence-electron chi connectivity index (χ3n) is 3.85. The maximum Gasteiger partial charge on any atom is 0.243 e. The quantitative estimate of drug-likeness (QED) is 0.899. The van der Waals surface area contributed by atoms with Gasteiger partial charge in [0.2, 0.25) is 15.9 Å². The first-order valence-electron chi connectivity index (χ1n) is 7.78. The Bertz CT molecular complexity index is 721. The molecule has 0 aliphatic carbocycles. The number of nitrogens with zero attached hydrogens (tertiary/aromatic N) is 1. The smallest absolute Gasteiger partial charge is 0.243 e. The van der Waals surface area contributed by atoms with E-state index in [4.69, 9.17) is 0 Å². The third kappa shape index (κ3) is 4.30. The van der Waals surface area contributed by atoms with Gasteiger partial charge < -0.3 is 5.32 Å². The van der Waals surface area contributed by atoms with Crippen LogP contribution in [0.25, 0.3) is 0 Å². The van der Waals surface area contributed by atoms with Crippen LogP contribution in [0.15, 0.2) is 23.1 Å². The second-order valence-electron chi connectivity index (χ2n) is 6.99. The lowest BCUT2D eigenvalue weighted by Crippen LogP contribution is -2.47. The highest BCUT2D eigenvalue weighted by atomic mass is 32.2. The van der Waals surface area contributed by atoms with E-state index in [-0.39, 0.29) is 35.3 Å². The summed E-state index contributed by atoms with van der Waals surface area (Å²) in [5, 5.41) is 2.89. The minimum atomic E-state index is -3.89. The van der Waals surface area contributed by atoms with Crippen LogP contribution in [0.4, 0.5) is 8.78 Å². The van der Waals surface area contributed by atoms with Crippen LogP contribution in [-0.2, 0) is 14.8 Å². The van der Waals surface area contributed by atoms with Gasteiger partial charge in [0.15, 0.2) is 11.6 Å². The van der Waals surface area contributed by atoms with Crippen LogP contribution in [-0.4, -0.2) is 37.3 Å². The molecule has 1 amide bonds. The van der Waals surface area contributed by atoms with Crippen LogP contribution in [0, 0.1) is 17.6 Å². The van der Waals surface area contributed by atoms with Crippen molar-refractivity contribution in [3.8, 4) is 0 Å². The van der Waals surface area contributed by atoms with E-state index in [2.05, 4.69) is 5.32 Å². The minimum Gasteiger partial charge on any atom is -0.351 e. The highest BCUT2D eigenvalue weighted by molar-refractivity contribution is 7.89. The standard InChI is InChI=1S/C16H22F2N2O3S/c1-16(2,3)19-15(21)11-6-8-20(9-7-11)24(22,23)12-4-5-13(17)14(18)10-12/h4-5,10-11H,6-9H2,1-3H3,(H,19,21). The highest BCUT2D eigenvalue weighted by Crippen LogP contribution is 2.25. The first kappa shape index (κ1) is 18.8. The van der Waals surface area contributed by atoms with Gasteiger partial charge in [0, 0.05) is 24.5 Å². The summed E-state index contributed by atoms with van der Waals surface area (Å²) in [4.78, 5) is 11.9. The molecule has 0 atom stereocenters. The van der Waals surface area contributed by atoms with E-state index in [1.165, 1.54) is 4.31 Å². The number of amides is 1. The van der Waals surface area contributed by atoms with Gasteiger partial charge in [-0.2, -0.15) is 4.31 Å². The van der Waals surface area contributed by atoms with Crippen molar-refractivity contribution in [1.82, 2.24) is 9.62 Å². The fourth-order valence-electron chi connectivity index (χ4n) is 2.62. The summed E-state index contributed by atoms with van der Waals surface area (Å²) in [6.07, 6.45) is 0.787. The van der Waals surface area contributed by atoms with Crippen molar-refractivity contribution < 1.29 is 22.0 Å². The number of carbonyl (C=O) groups is 1. The molecule has 0 radical (unpaired) electrons. The van der Waals surface area contributed by atoms with E-state index >= 15 is 0 Å². The fourth-order valence-corrected chi connectivity index (χ4v) is 4.10. The van der Waals surface area contributed by atoms with Crippen LogP contribution in [0.3, 0.4) is 0 Å². The van der Waals surface area contributed by atoms with Gasteiger partial charge in [-0.3, -0.25) is 4.79 Å². The second kappa shape index (κ2) is 6.76. The van der Waals surface area contributed by atoms with E-state index in [1.807, 2.05) is 20.8 Å². The molecular weight excluding hydrogens is 338 g/mol. The largest absolute Gasteiger partial charge is 0.351 e. The predicted octanol–water partition coefficient (Wildman–Crippen LogP) is 2.28. The van der Waals surface area contributed by atoms with Crippen LogP contribution < -0.4 is 5.32 Å². The average Bonchev–Trinajstić information content (AvgIpc) is 2.48. The molecule has 8 heteroatoms. The number of nitrogens with one attached hydrogen (secondary N) is 1. The molecule has 5 nitrogen and oxygen atoms in total. The van der Waals surface area contributed by atoms with Crippen molar-refractivity contribution in [2.75, 3.05) is 13.1 Å².